The maximum Gasteiger partial charge on any atom is 0.227 e. The molecule has 1 N–H and O–H groups in total. The van der Waals surface area contributed by atoms with Crippen LogP contribution >= 0.6 is 11.8 Å². The zero-order valence-electron chi connectivity index (χ0n) is 12.5. The number of allylic oxidation sites excluding steroid dienone is 2. The number of aromatic nitrogens is 3. The molecule has 114 valence electrons. The molecule has 0 aromatic carbocycles. The molecule has 0 radical (unpaired) electrons. The van der Waals surface area contributed by atoms with E-state index in [1.165, 1.54) is 31.3 Å². The van der Waals surface area contributed by atoms with E-state index >= 15 is 0 Å². The van der Waals surface area contributed by atoms with Crippen LogP contribution in [0.5, 0.6) is 0 Å². The second kappa shape index (κ2) is 6.64. The molecule has 1 aliphatic heterocycles. The molecule has 21 heavy (non-hydrogen) atoms. The van der Waals surface area contributed by atoms with Crippen molar-refractivity contribution in [2.75, 3.05) is 11.1 Å². The first kappa shape index (κ1) is 14.6. The predicted molar refractivity (Wildman–Crippen MR) is 84.4 cm³/mol. The van der Waals surface area contributed by atoms with Gasteiger partial charge in [-0.05, 0) is 24.8 Å². The number of hydrogen-bond acceptors (Lipinski definition) is 5. The van der Waals surface area contributed by atoms with E-state index in [-0.39, 0.29) is 5.78 Å². The Morgan fingerprint density at radius 1 is 1.29 bits per heavy atom. The van der Waals surface area contributed by atoms with E-state index in [1.807, 2.05) is 4.68 Å². The monoisotopic (exact) mass is 306 g/mol. The molecule has 5 nitrogen and oxygen atoms in total. The largest absolute Gasteiger partial charge is 0.321 e. The van der Waals surface area contributed by atoms with Crippen molar-refractivity contribution in [1.82, 2.24) is 14.8 Å². The highest BCUT2D eigenvalue weighted by atomic mass is 32.2. The predicted octanol–water partition coefficient (Wildman–Crippen LogP) is 3.38. The van der Waals surface area contributed by atoms with Crippen LogP contribution in [-0.2, 0) is 11.3 Å². The van der Waals surface area contributed by atoms with Crippen LogP contribution in [0.15, 0.2) is 16.4 Å². The van der Waals surface area contributed by atoms with Crippen molar-refractivity contribution < 1.29 is 4.79 Å². The fourth-order valence-corrected chi connectivity index (χ4v) is 3.63. The van der Waals surface area contributed by atoms with Gasteiger partial charge < -0.3 is 5.32 Å². The summed E-state index contributed by atoms with van der Waals surface area (Å²) in [6.07, 6.45) is 7.65. The van der Waals surface area contributed by atoms with E-state index < -0.39 is 0 Å². The van der Waals surface area contributed by atoms with Crippen molar-refractivity contribution in [3.05, 3.63) is 11.3 Å². The number of carbonyl (C=O) groups excluding carboxylic acids is 1. The van der Waals surface area contributed by atoms with E-state index in [0.29, 0.717) is 13.0 Å². The number of thioether (sulfide) groups is 1. The van der Waals surface area contributed by atoms with Gasteiger partial charge in [-0.25, -0.2) is 4.68 Å². The molecule has 1 aromatic heterocycles. The summed E-state index contributed by atoms with van der Waals surface area (Å²) in [6.45, 7) is 2.94. The van der Waals surface area contributed by atoms with E-state index in [9.17, 15) is 4.79 Å². The summed E-state index contributed by atoms with van der Waals surface area (Å²) in [5.41, 5.74) is 1.96. The standard InChI is InChI=1S/C15H22N4OS/c1-2-3-4-5-9-21-15-17-14-16-13-11(10-19(14)18-15)7-6-8-12(13)20/h2-10H2,1H3,(H,16,17,18). The van der Waals surface area contributed by atoms with Gasteiger partial charge in [-0.15, -0.1) is 5.10 Å². The minimum absolute atomic E-state index is 0.222. The van der Waals surface area contributed by atoms with Crippen LogP contribution in [0.4, 0.5) is 5.95 Å². The van der Waals surface area contributed by atoms with Crippen molar-refractivity contribution >= 4 is 23.5 Å². The first-order valence-corrected chi connectivity index (χ1v) is 8.86. The molecule has 6 heteroatoms. The van der Waals surface area contributed by atoms with Crippen LogP contribution < -0.4 is 5.32 Å². The molecule has 0 unspecified atom stereocenters. The number of hydrogen-bond donors (Lipinski definition) is 1. The van der Waals surface area contributed by atoms with E-state index in [4.69, 9.17) is 0 Å². The van der Waals surface area contributed by atoms with Crippen molar-refractivity contribution in [3.63, 3.8) is 0 Å². The van der Waals surface area contributed by atoms with Crippen molar-refractivity contribution in [3.8, 4) is 0 Å². The van der Waals surface area contributed by atoms with E-state index in [2.05, 4.69) is 22.3 Å². The van der Waals surface area contributed by atoms with Gasteiger partial charge in [-0.3, -0.25) is 4.79 Å². The number of fused-ring (bicyclic) bond motifs is 1. The second-order valence-electron chi connectivity index (χ2n) is 5.67. The molecule has 0 bridgehead atoms. The van der Waals surface area contributed by atoms with Crippen molar-refractivity contribution in [1.29, 1.82) is 0 Å². The minimum Gasteiger partial charge on any atom is -0.321 e. The summed E-state index contributed by atoms with van der Waals surface area (Å²) in [4.78, 5) is 16.4. The van der Waals surface area contributed by atoms with E-state index in [0.717, 1.165) is 35.4 Å². The Hall–Kier alpha value is -1.30. The Labute approximate surface area is 129 Å². The lowest BCUT2D eigenvalue weighted by Gasteiger charge is -2.24. The third-order valence-corrected chi connectivity index (χ3v) is 4.90. The maximum atomic E-state index is 11.9. The van der Waals surface area contributed by atoms with Crippen LogP contribution in [0.1, 0.15) is 51.9 Å². The molecule has 1 aliphatic carbocycles. The Balaban J connectivity index is 1.60. The fraction of sp³-hybridized carbons (Fsp3) is 0.667. The summed E-state index contributed by atoms with van der Waals surface area (Å²) < 4.78 is 1.89. The smallest absolute Gasteiger partial charge is 0.227 e. The molecule has 0 spiro atoms. The van der Waals surface area contributed by atoms with Crippen LogP contribution in [0, 0.1) is 0 Å². The summed E-state index contributed by atoms with van der Waals surface area (Å²) >= 11 is 1.71. The van der Waals surface area contributed by atoms with Crippen LogP contribution in [0.2, 0.25) is 0 Å². The molecule has 0 amide bonds. The topological polar surface area (TPSA) is 59.8 Å². The van der Waals surface area contributed by atoms with Gasteiger partial charge in [-0.1, -0.05) is 37.9 Å². The van der Waals surface area contributed by atoms with Gasteiger partial charge in [0.05, 0.1) is 12.2 Å². The Kier molecular flexibility index (Phi) is 4.63. The molecule has 0 saturated carbocycles. The number of Topliss-reactive ketones (excluding diaryl/α,β-unsaturated/α-hetero) is 1. The van der Waals surface area contributed by atoms with Crippen LogP contribution in [0.3, 0.4) is 0 Å². The van der Waals surface area contributed by atoms with Crippen LogP contribution in [0.25, 0.3) is 0 Å². The Morgan fingerprint density at radius 2 is 2.19 bits per heavy atom. The number of rotatable bonds is 6. The van der Waals surface area contributed by atoms with Gasteiger partial charge in [-0.2, -0.15) is 4.98 Å². The Bertz CT molecular complexity index is 564. The second-order valence-corrected chi connectivity index (χ2v) is 6.73. The third-order valence-electron chi connectivity index (χ3n) is 3.97. The lowest BCUT2D eigenvalue weighted by atomic mass is 9.94. The molecule has 0 atom stereocenters. The van der Waals surface area contributed by atoms with E-state index in [1.54, 1.807) is 11.8 Å². The number of carbonyl (C=O) groups is 1. The average molecular weight is 306 g/mol. The highest BCUT2D eigenvalue weighted by Crippen LogP contribution is 2.30. The molecular formula is C15H22N4OS. The summed E-state index contributed by atoms with van der Waals surface area (Å²) in [6, 6.07) is 0. The van der Waals surface area contributed by atoms with Crippen molar-refractivity contribution in [2.45, 2.75) is 63.6 Å². The SMILES string of the molecule is CCCCCCSc1nc2n(n1)CC1=C(N2)C(=O)CCC1. The average Bonchev–Trinajstić information content (AvgIpc) is 2.87. The first-order chi connectivity index (χ1) is 10.3. The number of nitrogens with zero attached hydrogens (tertiary/aromatic N) is 3. The fourth-order valence-electron chi connectivity index (χ4n) is 2.80. The maximum absolute atomic E-state index is 11.9. The summed E-state index contributed by atoms with van der Waals surface area (Å²) in [5, 5.41) is 8.55. The van der Waals surface area contributed by atoms with Gasteiger partial charge >= 0.3 is 0 Å². The lowest BCUT2D eigenvalue weighted by molar-refractivity contribution is -0.116. The molecule has 1 aromatic rings. The van der Waals surface area contributed by atoms with Gasteiger partial charge in [0.15, 0.2) is 5.78 Å². The molecule has 2 aliphatic rings. The normalized spacial score (nSPS) is 17.5. The first-order valence-electron chi connectivity index (χ1n) is 7.88. The highest BCUT2D eigenvalue weighted by molar-refractivity contribution is 7.99. The molecular weight excluding hydrogens is 284 g/mol. The van der Waals surface area contributed by atoms with Gasteiger partial charge in [0, 0.05) is 12.2 Å². The number of ketones is 1. The number of nitrogens with one attached hydrogen (secondary N) is 1. The summed E-state index contributed by atoms with van der Waals surface area (Å²) in [7, 11) is 0. The summed E-state index contributed by atoms with van der Waals surface area (Å²) in [5.74, 6) is 2.01. The Morgan fingerprint density at radius 3 is 3.05 bits per heavy atom. The number of anilines is 1. The third kappa shape index (κ3) is 3.31. The van der Waals surface area contributed by atoms with Gasteiger partial charge in [0.1, 0.15) is 0 Å². The molecule has 3 rings (SSSR count). The molecule has 0 saturated heterocycles. The van der Waals surface area contributed by atoms with Crippen LogP contribution in [-0.4, -0.2) is 26.3 Å². The lowest BCUT2D eigenvalue weighted by Crippen LogP contribution is -2.26. The van der Waals surface area contributed by atoms with Gasteiger partial charge in [0.25, 0.3) is 0 Å². The molecule has 0 fully saturated rings. The van der Waals surface area contributed by atoms with Crippen molar-refractivity contribution in [2.24, 2.45) is 0 Å². The highest BCUT2D eigenvalue weighted by Gasteiger charge is 2.27. The van der Waals surface area contributed by atoms with Gasteiger partial charge in [0.2, 0.25) is 11.1 Å². The quantitative estimate of drug-likeness (QED) is 0.645. The zero-order chi connectivity index (χ0) is 14.7. The number of unbranched alkanes of at least 4 members (excludes halogenated alkanes) is 3. The molecule has 2 heterocycles. The zero-order valence-corrected chi connectivity index (χ0v) is 13.3. The minimum atomic E-state index is 0.222.